The van der Waals surface area contributed by atoms with Gasteiger partial charge in [0.2, 0.25) is 10.0 Å². The molecular weight excluding hydrogens is 426 g/mol. The van der Waals surface area contributed by atoms with Crippen LogP contribution in [0.15, 0.2) is 46.4 Å². The van der Waals surface area contributed by atoms with E-state index in [4.69, 9.17) is 0 Å². The number of rotatable bonds is 7. The molecule has 1 saturated carbocycles. The van der Waals surface area contributed by atoms with E-state index in [2.05, 4.69) is 10.5 Å². The third-order valence-electron chi connectivity index (χ3n) is 5.73. The largest absolute Gasteiger partial charge is 0.508 e. The van der Waals surface area contributed by atoms with Gasteiger partial charge in [-0.1, -0.05) is 49.1 Å². The maximum Gasteiger partial charge on any atom is 0.255 e. The highest BCUT2D eigenvalue weighted by Crippen LogP contribution is 2.31. The number of phenols is 1. The number of hydrogen-bond donors (Lipinski definition) is 2. The lowest BCUT2D eigenvalue weighted by Crippen LogP contribution is -2.46. The molecule has 2 aromatic rings. The monoisotopic (exact) mass is 457 g/mol. The molecule has 0 aromatic heterocycles. The van der Waals surface area contributed by atoms with E-state index in [1.54, 1.807) is 26.0 Å². The van der Waals surface area contributed by atoms with Gasteiger partial charge in [-0.2, -0.15) is 9.41 Å². The van der Waals surface area contributed by atoms with Gasteiger partial charge in [0.25, 0.3) is 5.91 Å². The van der Waals surface area contributed by atoms with Gasteiger partial charge in [0.1, 0.15) is 5.75 Å². The number of sulfonamides is 1. The summed E-state index contributed by atoms with van der Waals surface area (Å²) in [5.74, 6) is -0.406. The minimum absolute atomic E-state index is 0.0960. The molecule has 0 aliphatic heterocycles. The molecule has 0 spiro atoms. The highest BCUT2D eigenvalue weighted by Gasteiger charge is 2.35. The first-order valence-corrected chi connectivity index (χ1v) is 12.3. The number of aryl methyl sites for hydroxylation is 3. The number of hydrogen-bond acceptors (Lipinski definition) is 5. The molecule has 3 rings (SSSR count). The highest BCUT2D eigenvalue weighted by molar-refractivity contribution is 7.89. The molecule has 8 heteroatoms. The van der Waals surface area contributed by atoms with Crippen LogP contribution in [0.4, 0.5) is 0 Å². The average molecular weight is 458 g/mol. The molecule has 1 amide bonds. The summed E-state index contributed by atoms with van der Waals surface area (Å²) in [6, 6.07) is 9.96. The minimum atomic E-state index is -3.87. The van der Waals surface area contributed by atoms with Gasteiger partial charge < -0.3 is 5.11 Å². The lowest BCUT2D eigenvalue weighted by Gasteiger charge is -2.33. The summed E-state index contributed by atoms with van der Waals surface area (Å²) < 4.78 is 28.8. The fourth-order valence-electron chi connectivity index (χ4n) is 4.43. The van der Waals surface area contributed by atoms with Crippen LogP contribution in [0.3, 0.4) is 0 Å². The van der Waals surface area contributed by atoms with Crippen LogP contribution in [0.1, 0.15) is 54.4 Å². The van der Waals surface area contributed by atoms with Crippen LogP contribution in [-0.4, -0.2) is 42.5 Å². The topological polar surface area (TPSA) is 99.1 Å². The SMILES string of the molecule is Cc1cc(C)c(S(=O)(=O)N(CC(=O)NN=Cc2cccc(O)c2)C2CCCCC2)c(C)c1. The second kappa shape index (κ2) is 10.3. The van der Waals surface area contributed by atoms with E-state index >= 15 is 0 Å². The first kappa shape index (κ1) is 23.9. The van der Waals surface area contributed by atoms with Crippen molar-refractivity contribution in [1.29, 1.82) is 0 Å². The predicted molar refractivity (Wildman–Crippen MR) is 125 cm³/mol. The zero-order chi connectivity index (χ0) is 23.3. The number of carbonyl (C=O) groups is 1. The Morgan fingerprint density at radius 3 is 2.41 bits per heavy atom. The Bertz CT molecular complexity index is 1080. The van der Waals surface area contributed by atoms with Crippen molar-refractivity contribution in [3.05, 3.63) is 58.7 Å². The van der Waals surface area contributed by atoms with Gasteiger partial charge >= 0.3 is 0 Å². The summed E-state index contributed by atoms with van der Waals surface area (Å²) in [6.45, 7) is 5.24. The van der Waals surface area contributed by atoms with Crippen LogP contribution in [0.5, 0.6) is 5.75 Å². The molecule has 0 radical (unpaired) electrons. The van der Waals surface area contributed by atoms with Crippen molar-refractivity contribution >= 4 is 22.1 Å². The van der Waals surface area contributed by atoms with Crippen LogP contribution >= 0.6 is 0 Å². The average Bonchev–Trinajstić information content (AvgIpc) is 2.71. The van der Waals surface area contributed by atoms with Gasteiger partial charge in [-0.05, 0) is 62.4 Å². The lowest BCUT2D eigenvalue weighted by atomic mass is 9.95. The summed E-state index contributed by atoms with van der Waals surface area (Å²) >= 11 is 0. The van der Waals surface area contributed by atoms with Crippen molar-refractivity contribution in [3.63, 3.8) is 0 Å². The Morgan fingerprint density at radius 2 is 1.78 bits per heavy atom. The van der Waals surface area contributed by atoms with Gasteiger partial charge in [0.05, 0.1) is 17.7 Å². The summed E-state index contributed by atoms with van der Waals surface area (Å²) in [4.78, 5) is 13.0. The van der Waals surface area contributed by atoms with E-state index in [0.29, 0.717) is 16.7 Å². The summed E-state index contributed by atoms with van der Waals surface area (Å²) in [6.07, 6.45) is 5.85. The number of aromatic hydroxyl groups is 1. The maximum absolute atomic E-state index is 13.7. The zero-order valence-electron chi connectivity index (χ0n) is 18.8. The van der Waals surface area contributed by atoms with Crippen LogP contribution in [0, 0.1) is 20.8 Å². The Kier molecular flexibility index (Phi) is 7.69. The maximum atomic E-state index is 13.7. The number of nitrogens with zero attached hydrogens (tertiary/aromatic N) is 2. The molecule has 7 nitrogen and oxygen atoms in total. The van der Waals surface area contributed by atoms with Gasteiger partial charge in [-0.3, -0.25) is 4.79 Å². The third kappa shape index (κ3) is 5.75. The Labute approximate surface area is 190 Å². The molecule has 1 fully saturated rings. The normalized spacial score (nSPS) is 15.4. The smallest absolute Gasteiger partial charge is 0.255 e. The fourth-order valence-corrected chi connectivity index (χ4v) is 6.49. The van der Waals surface area contributed by atoms with E-state index in [1.807, 2.05) is 19.1 Å². The molecule has 0 unspecified atom stereocenters. The van der Waals surface area contributed by atoms with E-state index in [0.717, 1.165) is 37.7 Å². The van der Waals surface area contributed by atoms with Crippen molar-refractivity contribution in [1.82, 2.24) is 9.73 Å². The van der Waals surface area contributed by atoms with Crippen molar-refractivity contribution in [2.75, 3.05) is 6.54 Å². The van der Waals surface area contributed by atoms with Gasteiger partial charge in [0, 0.05) is 6.04 Å². The number of benzene rings is 2. The van der Waals surface area contributed by atoms with E-state index in [1.165, 1.54) is 22.7 Å². The molecule has 0 saturated heterocycles. The highest BCUT2D eigenvalue weighted by atomic mass is 32.2. The zero-order valence-corrected chi connectivity index (χ0v) is 19.7. The molecule has 1 aliphatic rings. The van der Waals surface area contributed by atoms with Crippen LogP contribution in [-0.2, 0) is 14.8 Å². The van der Waals surface area contributed by atoms with Crippen molar-refractivity contribution in [3.8, 4) is 5.75 Å². The molecule has 0 atom stereocenters. The summed E-state index contributed by atoms with van der Waals surface area (Å²) in [5, 5.41) is 13.4. The first-order chi connectivity index (χ1) is 15.2. The third-order valence-corrected chi connectivity index (χ3v) is 7.93. The summed E-state index contributed by atoms with van der Waals surface area (Å²) in [5.41, 5.74) is 5.42. The molecular formula is C24H31N3O4S. The van der Waals surface area contributed by atoms with Gasteiger partial charge in [-0.25, -0.2) is 13.8 Å². The standard InChI is InChI=1S/C24H31N3O4S/c1-17-12-18(2)24(19(3)13-17)32(30,31)27(21-9-5-4-6-10-21)16-23(29)26-25-15-20-8-7-11-22(28)14-20/h7-8,11-15,21,28H,4-6,9-10,16H2,1-3H3,(H,26,29). The Hall–Kier alpha value is -2.71. The van der Waals surface area contributed by atoms with Crippen LogP contribution in [0.25, 0.3) is 0 Å². The Balaban J connectivity index is 1.84. The number of carbonyl (C=O) groups excluding carboxylic acids is 1. The number of hydrazone groups is 1. The minimum Gasteiger partial charge on any atom is -0.508 e. The van der Waals surface area contributed by atoms with E-state index < -0.39 is 15.9 Å². The predicted octanol–water partition coefficient (Wildman–Crippen LogP) is 3.79. The fraction of sp³-hybridized carbons (Fsp3) is 0.417. The number of phenolic OH excluding ortho intramolecular Hbond substituents is 1. The van der Waals surface area contributed by atoms with Crippen LogP contribution in [0.2, 0.25) is 0 Å². The molecule has 172 valence electrons. The second-order valence-corrected chi connectivity index (χ2v) is 10.3. The molecule has 2 aromatic carbocycles. The second-order valence-electron chi connectivity index (χ2n) is 8.46. The van der Waals surface area contributed by atoms with Crippen molar-refractivity contribution in [2.24, 2.45) is 5.10 Å². The number of amides is 1. The van der Waals surface area contributed by atoms with E-state index in [-0.39, 0.29) is 23.2 Å². The molecule has 2 N–H and O–H groups in total. The number of nitrogens with one attached hydrogen (secondary N) is 1. The van der Waals surface area contributed by atoms with Crippen molar-refractivity contribution in [2.45, 2.75) is 63.8 Å². The first-order valence-electron chi connectivity index (χ1n) is 10.9. The molecule has 1 aliphatic carbocycles. The van der Waals surface area contributed by atoms with Crippen molar-refractivity contribution < 1.29 is 18.3 Å². The lowest BCUT2D eigenvalue weighted by molar-refractivity contribution is -0.121. The van der Waals surface area contributed by atoms with Crippen LogP contribution < -0.4 is 5.43 Å². The molecule has 0 heterocycles. The quantitative estimate of drug-likeness (QED) is 0.488. The summed E-state index contributed by atoms with van der Waals surface area (Å²) in [7, 11) is -3.87. The Morgan fingerprint density at radius 1 is 1.12 bits per heavy atom. The molecule has 32 heavy (non-hydrogen) atoms. The van der Waals surface area contributed by atoms with Gasteiger partial charge in [-0.15, -0.1) is 0 Å². The molecule has 0 bridgehead atoms. The van der Waals surface area contributed by atoms with E-state index in [9.17, 15) is 18.3 Å². The van der Waals surface area contributed by atoms with Gasteiger partial charge in [0.15, 0.2) is 0 Å².